The summed E-state index contributed by atoms with van der Waals surface area (Å²) in [5.74, 6) is 0.195. The molecule has 1 aliphatic heterocycles. The van der Waals surface area contributed by atoms with Crippen molar-refractivity contribution in [3.05, 3.63) is 77.5 Å². The predicted molar refractivity (Wildman–Crippen MR) is 117 cm³/mol. The lowest BCUT2D eigenvalue weighted by Crippen LogP contribution is -2.41. The van der Waals surface area contributed by atoms with Crippen LogP contribution in [0.2, 0.25) is 0 Å². The molecule has 2 aromatic heterocycles. The molecule has 5 rings (SSSR count). The van der Waals surface area contributed by atoms with Crippen LogP contribution in [0.5, 0.6) is 0 Å². The zero-order valence-corrected chi connectivity index (χ0v) is 17.1. The standard InChI is InChI=1S/C23H17N5O2S/c24-13-15(23-26-16-8-4-5-9-19(16)31-23)22(28-20(25)12-21(29)27-28)18-11-10-17(30-18)14-6-2-1-3-7-14/h1-11,15,22,25H,12H2,(H,27,29). The van der Waals surface area contributed by atoms with Crippen LogP contribution in [0.15, 0.2) is 71.1 Å². The lowest BCUT2D eigenvalue weighted by molar-refractivity contribution is -0.121. The molecule has 1 saturated heterocycles. The van der Waals surface area contributed by atoms with E-state index in [1.165, 1.54) is 16.3 Å². The summed E-state index contributed by atoms with van der Waals surface area (Å²) in [4.78, 5) is 16.6. The van der Waals surface area contributed by atoms with Gasteiger partial charge in [-0.05, 0) is 24.3 Å². The Hall–Kier alpha value is -3.96. The third-order valence-corrected chi connectivity index (χ3v) is 6.27. The number of nitriles is 1. The topological polar surface area (TPSA) is 106 Å². The average Bonchev–Trinajstić information content (AvgIpc) is 3.50. The van der Waals surface area contributed by atoms with Crippen molar-refractivity contribution in [3.63, 3.8) is 0 Å². The van der Waals surface area contributed by atoms with E-state index in [-0.39, 0.29) is 18.2 Å². The third-order valence-electron chi connectivity index (χ3n) is 5.15. The number of amidine groups is 1. The van der Waals surface area contributed by atoms with Crippen molar-refractivity contribution in [2.75, 3.05) is 0 Å². The summed E-state index contributed by atoms with van der Waals surface area (Å²) in [7, 11) is 0. The van der Waals surface area contributed by atoms with Crippen LogP contribution in [-0.2, 0) is 4.79 Å². The van der Waals surface area contributed by atoms with Crippen molar-refractivity contribution in [2.45, 2.75) is 18.4 Å². The first-order chi connectivity index (χ1) is 15.1. The van der Waals surface area contributed by atoms with E-state index in [2.05, 4.69) is 16.5 Å². The first kappa shape index (κ1) is 19.0. The molecule has 4 aromatic rings. The van der Waals surface area contributed by atoms with Crippen LogP contribution in [0, 0.1) is 16.7 Å². The second-order valence-corrected chi connectivity index (χ2v) is 8.23. The zero-order chi connectivity index (χ0) is 21.4. The fourth-order valence-corrected chi connectivity index (χ4v) is 4.75. The second-order valence-electron chi connectivity index (χ2n) is 7.17. The molecular formula is C23H17N5O2S. The summed E-state index contributed by atoms with van der Waals surface area (Å²) in [6.07, 6.45) is -0.0409. The molecule has 0 radical (unpaired) electrons. The van der Waals surface area contributed by atoms with Gasteiger partial charge in [0.25, 0.3) is 0 Å². The molecule has 3 heterocycles. The number of hydrogen-bond acceptors (Lipinski definition) is 6. The first-order valence-electron chi connectivity index (χ1n) is 9.70. The fraction of sp³-hybridized carbons (Fsp3) is 0.130. The molecule has 8 heteroatoms. The maximum atomic E-state index is 12.0. The van der Waals surface area contributed by atoms with Crippen LogP contribution < -0.4 is 5.43 Å². The quantitative estimate of drug-likeness (QED) is 0.483. The van der Waals surface area contributed by atoms with Gasteiger partial charge in [-0.25, -0.2) is 4.98 Å². The first-order valence-corrected chi connectivity index (χ1v) is 10.5. The summed E-state index contributed by atoms with van der Waals surface area (Å²) >= 11 is 1.43. The number of thiazole rings is 1. The molecule has 152 valence electrons. The number of hydrogen-bond donors (Lipinski definition) is 2. The van der Waals surface area contributed by atoms with Crippen molar-refractivity contribution in [3.8, 4) is 17.4 Å². The number of carbonyl (C=O) groups is 1. The number of fused-ring (bicyclic) bond motifs is 1. The minimum atomic E-state index is -0.745. The number of para-hydroxylation sites is 1. The average molecular weight is 427 g/mol. The van der Waals surface area contributed by atoms with E-state index in [0.717, 1.165) is 15.8 Å². The van der Waals surface area contributed by atoms with Crippen LogP contribution in [0.1, 0.15) is 29.1 Å². The maximum Gasteiger partial charge on any atom is 0.246 e. The number of nitrogens with one attached hydrogen (secondary N) is 2. The molecule has 0 saturated carbocycles. The Labute approximate surface area is 182 Å². The van der Waals surface area contributed by atoms with Gasteiger partial charge in [-0.15, -0.1) is 11.3 Å². The van der Waals surface area contributed by atoms with Gasteiger partial charge in [0.15, 0.2) is 0 Å². The highest BCUT2D eigenvalue weighted by atomic mass is 32.1. The lowest BCUT2D eigenvalue weighted by atomic mass is 9.99. The van der Waals surface area contributed by atoms with E-state index in [1.807, 2.05) is 60.7 Å². The van der Waals surface area contributed by atoms with Gasteiger partial charge >= 0.3 is 0 Å². The molecule has 0 bridgehead atoms. The maximum absolute atomic E-state index is 12.0. The van der Waals surface area contributed by atoms with Crippen LogP contribution in [0.4, 0.5) is 0 Å². The lowest BCUT2D eigenvalue weighted by Gasteiger charge is -2.29. The molecule has 1 aliphatic rings. The van der Waals surface area contributed by atoms with Crippen molar-refractivity contribution < 1.29 is 9.21 Å². The largest absolute Gasteiger partial charge is 0.459 e. The summed E-state index contributed by atoms with van der Waals surface area (Å²) in [6.45, 7) is 0. The normalized spacial score (nSPS) is 15.6. The number of amides is 1. The molecule has 2 unspecified atom stereocenters. The summed E-state index contributed by atoms with van der Waals surface area (Å²) in [5.41, 5.74) is 4.42. The van der Waals surface area contributed by atoms with Gasteiger partial charge < -0.3 is 4.42 Å². The molecule has 0 spiro atoms. The fourth-order valence-electron chi connectivity index (χ4n) is 3.71. The summed E-state index contributed by atoms with van der Waals surface area (Å²) in [5, 5.41) is 20.5. The van der Waals surface area contributed by atoms with E-state index in [4.69, 9.17) is 9.83 Å². The minimum absolute atomic E-state index is 0.0409. The molecule has 7 nitrogen and oxygen atoms in total. The number of hydrazine groups is 1. The van der Waals surface area contributed by atoms with Gasteiger partial charge in [-0.2, -0.15) is 5.26 Å². The zero-order valence-electron chi connectivity index (χ0n) is 16.3. The van der Waals surface area contributed by atoms with Gasteiger partial charge in [0.2, 0.25) is 5.91 Å². The number of benzene rings is 2. The predicted octanol–water partition coefficient (Wildman–Crippen LogP) is 4.62. The Bertz CT molecular complexity index is 1290. The molecule has 2 N–H and O–H groups in total. The summed E-state index contributed by atoms with van der Waals surface area (Å²) in [6, 6.07) is 22.6. The van der Waals surface area contributed by atoms with Gasteiger partial charge in [-0.1, -0.05) is 42.5 Å². The Kier molecular flexibility index (Phi) is 4.73. The smallest absolute Gasteiger partial charge is 0.246 e. The second kappa shape index (κ2) is 7.70. The van der Waals surface area contributed by atoms with E-state index in [0.29, 0.717) is 16.5 Å². The molecular weight excluding hydrogens is 410 g/mol. The van der Waals surface area contributed by atoms with Gasteiger partial charge in [-0.3, -0.25) is 20.6 Å². The summed E-state index contributed by atoms with van der Waals surface area (Å²) < 4.78 is 7.12. The van der Waals surface area contributed by atoms with Gasteiger partial charge in [0.05, 0.1) is 22.7 Å². The molecule has 2 aromatic carbocycles. The molecule has 2 atom stereocenters. The highest BCUT2D eigenvalue weighted by molar-refractivity contribution is 7.18. The van der Waals surface area contributed by atoms with Crippen LogP contribution in [-0.4, -0.2) is 21.7 Å². The Morgan fingerprint density at radius 1 is 1.13 bits per heavy atom. The van der Waals surface area contributed by atoms with Crippen molar-refractivity contribution >= 4 is 33.3 Å². The monoisotopic (exact) mass is 427 g/mol. The van der Waals surface area contributed by atoms with Crippen molar-refractivity contribution in [1.29, 1.82) is 10.7 Å². The number of rotatable bonds is 5. The Morgan fingerprint density at radius 2 is 1.90 bits per heavy atom. The van der Waals surface area contributed by atoms with Gasteiger partial charge in [0, 0.05) is 5.56 Å². The highest BCUT2D eigenvalue weighted by Crippen LogP contribution is 2.41. The van der Waals surface area contributed by atoms with E-state index in [9.17, 15) is 10.1 Å². The van der Waals surface area contributed by atoms with Gasteiger partial charge in [0.1, 0.15) is 34.3 Å². The minimum Gasteiger partial charge on any atom is -0.459 e. The number of carbonyl (C=O) groups excluding carboxylic acids is 1. The molecule has 1 fully saturated rings. The molecule has 0 aliphatic carbocycles. The number of aromatic nitrogens is 1. The Morgan fingerprint density at radius 3 is 2.61 bits per heavy atom. The van der Waals surface area contributed by atoms with Crippen LogP contribution in [0.25, 0.3) is 21.5 Å². The van der Waals surface area contributed by atoms with E-state index in [1.54, 1.807) is 6.07 Å². The van der Waals surface area contributed by atoms with E-state index < -0.39 is 12.0 Å². The molecule has 31 heavy (non-hydrogen) atoms. The van der Waals surface area contributed by atoms with Crippen molar-refractivity contribution in [1.82, 2.24) is 15.4 Å². The van der Waals surface area contributed by atoms with Crippen molar-refractivity contribution in [2.24, 2.45) is 0 Å². The highest BCUT2D eigenvalue weighted by Gasteiger charge is 2.40. The Balaban J connectivity index is 1.60. The SMILES string of the molecule is N#CC(c1nc2ccccc2s1)C(c1ccc(-c2ccccc2)o1)N1NC(=O)CC1=N. The number of nitrogens with zero attached hydrogens (tertiary/aromatic N) is 3. The molecule has 1 amide bonds. The van der Waals surface area contributed by atoms with Crippen LogP contribution in [0.3, 0.4) is 0 Å². The number of furan rings is 1. The van der Waals surface area contributed by atoms with E-state index >= 15 is 0 Å². The van der Waals surface area contributed by atoms with Crippen LogP contribution >= 0.6 is 11.3 Å². The third kappa shape index (κ3) is 3.45.